The Kier molecular flexibility index (Phi) is 6.49. The first-order chi connectivity index (χ1) is 10.2. The van der Waals surface area contributed by atoms with Crippen LogP contribution in [-0.4, -0.2) is 51.4 Å². The van der Waals surface area contributed by atoms with Crippen LogP contribution in [0.2, 0.25) is 0 Å². The van der Waals surface area contributed by atoms with Gasteiger partial charge in [0, 0.05) is 31.8 Å². The first-order valence-electron chi connectivity index (χ1n) is 7.90. The van der Waals surface area contributed by atoms with Crippen molar-refractivity contribution >= 4 is 0 Å². The summed E-state index contributed by atoms with van der Waals surface area (Å²) in [5.41, 5.74) is 1.29. The molecule has 1 fully saturated rings. The summed E-state index contributed by atoms with van der Waals surface area (Å²) in [5, 5.41) is 3.59. The second kappa shape index (κ2) is 8.37. The highest BCUT2D eigenvalue weighted by Crippen LogP contribution is 2.22. The standard InChI is InChI=1S/C17H28N2O2/c1-4-18-17(14-6-5-7-16(12-14)20-3)13-19(2)15-8-10-21-11-9-15/h5-7,12,15,17-18H,4,8-11,13H2,1-3H3. The van der Waals surface area contributed by atoms with E-state index in [1.165, 1.54) is 5.56 Å². The summed E-state index contributed by atoms with van der Waals surface area (Å²) in [6, 6.07) is 9.32. The zero-order valence-electron chi connectivity index (χ0n) is 13.5. The molecule has 0 amide bonds. The smallest absolute Gasteiger partial charge is 0.119 e. The van der Waals surface area contributed by atoms with Gasteiger partial charge in [-0.3, -0.25) is 0 Å². The van der Waals surface area contributed by atoms with Crippen LogP contribution in [0, 0.1) is 0 Å². The minimum Gasteiger partial charge on any atom is -0.497 e. The van der Waals surface area contributed by atoms with E-state index in [2.05, 4.69) is 42.4 Å². The van der Waals surface area contributed by atoms with Crippen molar-refractivity contribution in [1.29, 1.82) is 0 Å². The first-order valence-corrected chi connectivity index (χ1v) is 7.90. The number of hydrogen-bond acceptors (Lipinski definition) is 4. The van der Waals surface area contributed by atoms with Crippen molar-refractivity contribution in [2.24, 2.45) is 0 Å². The number of methoxy groups -OCH3 is 1. The monoisotopic (exact) mass is 292 g/mol. The van der Waals surface area contributed by atoms with E-state index >= 15 is 0 Å². The quantitative estimate of drug-likeness (QED) is 0.837. The highest BCUT2D eigenvalue weighted by molar-refractivity contribution is 5.30. The van der Waals surface area contributed by atoms with Gasteiger partial charge in [0.25, 0.3) is 0 Å². The summed E-state index contributed by atoms with van der Waals surface area (Å²) in [6.07, 6.45) is 2.26. The molecule has 4 heteroatoms. The molecule has 0 aromatic heterocycles. The van der Waals surface area contributed by atoms with Gasteiger partial charge in [-0.15, -0.1) is 0 Å². The Balaban J connectivity index is 2.03. The van der Waals surface area contributed by atoms with Gasteiger partial charge in [-0.1, -0.05) is 19.1 Å². The van der Waals surface area contributed by atoms with Crippen molar-refractivity contribution < 1.29 is 9.47 Å². The Bertz CT molecular complexity index is 419. The van der Waals surface area contributed by atoms with Gasteiger partial charge in [-0.2, -0.15) is 0 Å². The van der Waals surface area contributed by atoms with Crippen LogP contribution in [0.25, 0.3) is 0 Å². The lowest BCUT2D eigenvalue weighted by Crippen LogP contribution is -2.41. The van der Waals surface area contributed by atoms with E-state index in [0.29, 0.717) is 12.1 Å². The van der Waals surface area contributed by atoms with Crippen LogP contribution in [0.4, 0.5) is 0 Å². The van der Waals surface area contributed by atoms with Gasteiger partial charge in [-0.05, 0) is 44.1 Å². The highest BCUT2D eigenvalue weighted by Gasteiger charge is 2.21. The summed E-state index contributed by atoms with van der Waals surface area (Å²) in [7, 11) is 3.94. The van der Waals surface area contributed by atoms with E-state index in [-0.39, 0.29) is 0 Å². The van der Waals surface area contributed by atoms with Gasteiger partial charge in [0.2, 0.25) is 0 Å². The Morgan fingerprint density at radius 3 is 2.81 bits per heavy atom. The van der Waals surface area contributed by atoms with Crippen molar-refractivity contribution in [3.63, 3.8) is 0 Å². The van der Waals surface area contributed by atoms with Crippen molar-refractivity contribution in [2.45, 2.75) is 31.8 Å². The average molecular weight is 292 g/mol. The maximum Gasteiger partial charge on any atom is 0.119 e. The van der Waals surface area contributed by atoms with E-state index in [1.807, 2.05) is 6.07 Å². The molecule has 0 radical (unpaired) electrons. The second-order valence-corrected chi connectivity index (χ2v) is 5.67. The summed E-state index contributed by atoms with van der Waals surface area (Å²) < 4.78 is 10.8. The fourth-order valence-electron chi connectivity index (χ4n) is 2.96. The van der Waals surface area contributed by atoms with Gasteiger partial charge in [0.05, 0.1) is 7.11 Å². The lowest BCUT2D eigenvalue weighted by Gasteiger charge is -2.34. The Hall–Kier alpha value is -1.10. The third-order valence-electron chi connectivity index (χ3n) is 4.23. The molecule has 0 bridgehead atoms. The molecule has 21 heavy (non-hydrogen) atoms. The Labute approximate surface area is 128 Å². The van der Waals surface area contributed by atoms with Crippen LogP contribution in [0.15, 0.2) is 24.3 Å². The van der Waals surface area contributed by atoms with E-state index in [0.717, 1.165) is 44.9 Å². The number of nitrogens with zero attached hydrogens (tertiary/aromatic N) is 1. The average Bonchev–Trinajstić information content (AvgIpc) is 2.55. The molecule has 1 aromatic rings. The SMILES string of the molecule is CCNC(CN(C)C1CCOCC1)c1cccc(OC)c1. The molecule has 1 heterocycles. The summed E-state index contributed by atoms with van der Waals surface area (Å²) in [6.45, 7) is 5.90. The van der Waals surface area contributed by atoms with Crippen molar-refractivity contribution in [3.05, 3.63) is 29.8 Å². The number of hydrogen-bond donors (Lipinski definition) is 1. The number of benzene rings is 1. The minimum atomic E-state index is 0.331. The number of rotatable bonds is 7. The molecular formula is C17H28N2O2. The van der Waals surface area contributed by atoms with Crippen LogP contribution in [-0.2, 0) is 4.74 Å². The maximum absolute atomic E-state index is 5.46. The summed E-state index contributed by atoms with van der Waals surface area (Å²) in [4.78, 5) is 2.47. The number of likely N-dealkylation sites (N-methyl/N-ethyl adjacent to an activating group) is 2. The lowest BCUT2D eigenvalue weighted by molar-refractivity contribution is 0.0402. The van der Waals surface area contributed by atoms with Crippen LogP contribution in [0.5, 0.6) is 5.75 Å². The van der Waals surface area contributed by atoms with Crippen LogP contribution < -0.4 is 10.1 Å². The molecule has 1 atom stereocenters. The molecule has 1 saturated heterocycles. The van der Waals surface area contributed by atoms with E-state index in [9.17, 15) is 0 Å². The zero-order chi connectivity index (χ0) is 15.1. The van der Waals surface area contributed by atoms with Gasteiger partial charge in [0.1, 0.15) is 5.75 Å². The maximum atomic E-state index is 5.46. The Morgan fingerprint density at radius 2 is 2.14 bits per heavy atom. The predicted molar refractivity (Wildman–Crippen MR) is 85.9 cm³/mol. The van der Waals surface area contributed by atoms with E-state index in [4.69, 9.17) is 9.47 Å². The van der Waals surface area contributed by atoms with Crippen LogP contribution in [0.3, 0.4) is 0 Å². The van der Waals surface area contributed by atoms with Crippen molar-refractivity contribution in [1.82, 2.24) is 10.2 Å². The fourth-order valence-corrected chi connectivity index (χ4v) is 2.96. The van der Waals surface area contributed by atoms with Crippen molar-refractivity contribution in [2.75, 3.05) is 40.5 Å². The third-order valence-corrected chi connectivity index (χ3v) is 4.23. The zero-order valence-corrected chi connectivity index (χ0v) is 13.5. The minimum absolute atomic E-state index is 0.331. The Morgan fingerprint density at radius 1 is 1.38 bits per heavy atom. The molecule has 1 N–H and O–H groups in total. The highest BCUT2D eigenvalue weighted by atomic mass is 16.5. The number of ether oxygens (including phenoxy) is 2. The molecule has 1 unspecified atom stereocenters. The fraction of sp³-hybridized carbons (Fsp3) is 0.647. The second-order valence-electron chi connectivity index (χ2n) is 5.67. The molecule has 2 rings (SSSR count). The van der Waals surface area contributed by atoms with Crippen LogP contribution >= 0.6 is 0 Å². The van der Waals surface area contributed by atoms with Gasteiger partial charge in [-0.25, -0.2) is 0 Å². The molecule has 0 saturated carbocycles. The molecule has 1 aliphatic heterocycles. The predicted octanol–water partition coefficient (Wildman–Crippen LogP) is 2.46. The third kappa shape index (κ3) is 4.70. The van der Waals surface area contributed by atoms with Gasteiger partial charge < -0.3 is 19.7 Å². The molecule has 118 valence electrons. The topological polar surface area (TPSA) is 33.7 Å². The van der Waals surface area contributed by atoms with Crippen LogP contribution in [0.1, 0.15) is 31.4 Å². The lowest BCUT2D eigenvalue weighted by atomic mass is 10.0. The van der Waals surface area contributed by atoms with E-state index in [1.54, 1.807) is 7.11 Å². The molecular weight excluding hydrogens is 264 g/mol. The normalized spacial score (nSPS) is 17.9. The van der Waals surface area contributed by atoms with E-state index < -0.39 is 0 Å². The first kappa shape index (κ1) is 16.3. The summed E-state index contributed by atoms with van der Waals surface area (Å²) in [5.74, 6) is 0.920. The van der Waals surface area contributed by atoms with Gasteiger partial charge >= 0.3 is 0 Å². The molecule has 1 aromatic carbocycles. The largest absolute Gasteiger partial charge is 0.497 e. The van der Waals surface area contributed by atoms with Gasteiger partial charge in [0.15, 0.2) is 0 Å². The number of nitrogens with one attached hydrogen (secondary N) is 1. The molecule has 4 nitrogen and oxygen atoms in total. The molecule has 1 aliphatic rings. The van der Waals surface area contributed by atoms with Crippen molar-refractivity contribution in [3.8, 4) is 5.75 Å². The molecule has 0 aliphatic carbocycles. The summed E-state index contributed by atoms with van der Waals surface area (Å²) >= 11 is 0. The molecule has 0 spiro atoms.